The fraction of sp³-hybridized carbons (Fsp3) is 0.444. The van der Waals surface area contributed by atoms with E-state index in [1.165, 1.54) is 12.5 Å². The molecule has 6 nitrogen and oxygen atoms in total. The standard InChI is InChI=1S/C18H20N2O4/c21-18(13-6-9-22-11-13)20-10-16(17-15(20)5-3-8-23-17)24-12-14-4-1-2-7-19-14/h1-2,4,6-7,9,11,15-17H,3,5,8,10,12H2/t15-,16-,17+/m1/s1. The lowest BCUT2D eigenvalue weighted by molar-refractivity contribution is -0.0814. The van der Waals surface area contributed by atoms with Crippen molar-refractivity contribution in [3.05, 3.63) is 54.2 Å². The second-order valence-corrected chi connectivity index (χ2v) is 6.19. The number of hydrogen-bond donors (Lipinski definition) is 0. The zero-order chi connectivity index (χ0) is 16.4. The fourth-order valence-corrected chi connectivity index (χ4v) is 3.52. The van der Waals surface area contributed by atoms with Crippen LogP contribution in [0.15, 0.2) is 47.4 Å². The first kappa shape index (κ1) is 15.4. The third kappa shape index (κ3) is 2.95. The molecule has 1 amide bonds. The quantitative estimate of drug-likeness (QED) is 0.861. The van der Waals surface area contributed by atoms with Gasteiger partial charge in [0.2, 0.25) is 0 Å². The van der Waals surface area contributed by atoms with Gasteiger partial charge in [0.25, 0.3) is 5.91 Å². The molecule has 4 heterocycles. The average Bonchev–Trinajstić information content (AvgIpc) is 3.29. The van der Waals surface area contributed by atoms with Gasteiger partial charge in [0.15, 0.2) is 0 Å². The van der Waals surface area contributed by atoms with Crippen molar-refractivity contribution in [2.45, 2.75) is 37.7 Å². The highest BCUT2D eigenvalue weighted by Gasteiger charge is 2.46. The molecule has 0 aromatic carbocycles. The van der Waals surface area contributed by atoms with Crippen LogP contribution in [0.3, 0.4) is 0 Å². The average molecular weight is 328 g/mol. The summed E-state index contributed by atoms with van der Waals surface area (Å²) in [5.41, 5.74) is 1.45. The molecule has 2 aromatic heterocycles. The van der Waals surface area contributed by atoms with Crippen LogP contribution in [0.5, 0.6) is 0 Å². The van der Waals surface area contributed by atoms with E-state index in [-0.39, 0.29) is 24.2 Å². The van der Waals surface area contributed by atoms with Crippen molar-refractivity contribution in [3.8, 4) is 0 Å². The molecule has 4 rings (SSSR count). The van der Waals surface area contributed by atoms with Crippen LogP contribution in [-0.4, -0.2) is 47.2 Å². The number of nitrogens with zero attached hydrogens (tertiary/aromatic N) is 2. The van der Waals surface area contributed by atoms with Crippen molar-refractivity contribution in [2.75, 3.05) is 13.2 Å². The molecule has 0 bridgehead atoms. The van der Waals surface area contributed by atoms with E-state index in [9.17, 15) is 4.79 Å². The molecule has 3 atom stereocenters. The summed E-state index contributed by atoms with van der Waals surface area (Å²) in [7, 11) is 0. The summed E-state index contributed by atoms with van der Waals surface area (Å²) < 4.78 is 17.0. The number of rotatable bonds is 4. The monoisotopic (exact) mass is 328 g/mol. The molecule has 0 aliphatic carbocycles. The maximum Gasteiger partial charge on any atom is 0.257 e. The first-order chi connectivity index (χ1) is 11.8. The van der Waals surface area contributed by atoms with Gasteiger partial charge in [-0.3, -0.25) is 9.78 Å². The number of pyridine rings is 1. The summed E-state index contributed by atoms with van der Waals surface area (Å²) >= 11 is 0. The van der Waals surface area contributed by atoms with Gasteiger partial charge in [0.1, 0.15) is 18.5 Å². The predicted octanol–water partition coefficient (Wildman–Crippen LogP) is 2.26. The minimum Gasteiger partial charge on any atom is -0.472 e. The highest BCUT2D eigenvalue weighted by molar-refractivity contribution is 5.94. The van der Waals surface area contributed by atoms with Crippen molar-refractivity contribution in [1.82, 2.24) is 9.88 Å². The first-order valence-corrected chi connectivity index (χ1v) is 8.29. The molecule has 0 N–H and O–H groups in total. The van der Waals surface area contributed by atoms with Crippen LogP contribution in [0.1, 0.15) is 28.9 Å². The SMILES string of the molecule is O=C(c1ccoc1)N1C[C@@H](OCc2ccccn2)[C@H]2OCCC[C@H]21. The molecular weight excluding hydrogens is 308 g/mol. The summed E-state index contributed by atoms with van der Waals surface area (Å²) in [4.78, 5) is 18.9. The molecular formula is C18H20N2O4. The number of hydrogen-bond acceptors (Lipinski definition) is 5. The van der Waals surface area contributed by atoms with Gasteiger partial charge < -0.3 is 18.8 Å². The number of carbonyl (C=O) groups excluding carboxylic acids is 1. The van der Waals surface area contributed by atoms with Crippen LogP contribution in [0.25, 0.3) is 0 Å². The summed E-state index contributed by atoms with van der Waals surface area (Å²) in [5.74, 6) is -0.0202. The lowest BCUT2D eigenvalue weighted by Gasteiger charge is -2.32. The highest BCUT2D eigenvalue weighted by atomic mass is 16.5. The van der Waals surface area contributed by atoms with Crippen LogP contribution in [0.2, 0.25) is 0 Å². The zero-order valence-electron chi connectivity index (χ0n) is 13.3. The number of fused-ring (bicyclic) bond motifs is 1. The normalized spacial score (nSPS) is 26.3. The van der Waals surface area contributed by atoms with E-state index in [1.54, 1.807) is 12.3 Å². The number of carbonyl (C=O) groups is 1. The Hall–Kier alpha value is -2.18. The van der Waals surface area contributed by atoms with Crippen LogP contribution >= 0.6 is 0 Å². The van der Waals surface area contributed by atoms with Gasteiger partial charge in [-0.05, 0) is 31.0 Å². The molecule has 2 aliphatic heterocycles. The molecule has 2 aromatic rings. The molecule has 24 heavy (non-hydrogen) atoms. The fourth-order valence-electron chi connectivity index (χ4n) is 3.52. The summed E-state index contributed by atoms with van der Waals surface area (Å²) in [5, 5.41) is 0. The van der Waals surface area contributed by atoms with Crippen molar-refractivity contribution in [3.63, 3.8) is 0 Å². The summed E-state index contributed by atoms with van der Waals surface area (Å²) in [6, 6.07) is 7.51. The Morgan fingerprint density at radius 3 is 3.12 bits per heavy atom. The molecule has 6 heteroatoms. The topological polar surface area (TPSA) is 64.8 Å². The van der Waals surface area contributed by atoms with E-state index < -0.39 is 0 Å². The maximum atomic E-state index is 12.7. The Bertz CT molecular complexity index is 674. The smallest absolute Gasteiger partial charge is 0.257 e. The van der Waals surface area contributed by atoms with Crippen LogP contribution in [-0.2, 0) is 16.1 Å². The van der Waals surface area contributed by atoms with E-state index in [4.69, 9.17) is 13.9 Å². The third-order valence-corrected chi connectivity index (χ3v) is 4.68. The molecule has 2 fully saturated rings. The van der Waals surface area contributed by atoms with Gasteiger partial charge in [-0.25, -0.2) is 0 Å². The predicted molar refractivity (Wildman–Crippen MR) is 85.3 cm³/mol. The minimum absolute atomic E-state index is 0.0202. The van der Waals surface area contributed by atoms with Gasteiger partial charge >= 0.3 is 0 Å². The zero-order valence-corrected chi connectivity index (χ0v) is 13.3. The molecule has 0 unspecified atom stereocenters. The maximum absolute atomic E-state index is 12.7. The van der Waals surface area contributed by atoms with Crippen molar-refractivity contribution in [2.24, 2.45) is 0 Å². The van der Waals surface area contributed by atoms with Crippen molar-refractivity contribution in [1.29, 1.82) is 0 Å². The molecule has 0 saturated carbocycles. The lowest BCUT2D eigenvalue weighted by Crippen LogP contribution is -2.43. The van der Waals surface area contributed by atoms with Gasteiger partial charge in [-0.1, -0.05) is 6.07 Å². The van der Waals surface area contributed by atoms with Gasteiger partial charge in [0.05, 0.1) is 36.7 Å². The summed E-state index contributed by atoms with van der Waals surface area (Å²) in [6.07, 6.45) is 6.46. The summed E-state index contributed by atoms with van der Waals surface area (Å²) in [6.45, 7) is 1.68. The van der Waals surface area contributed by atoms with E-state index in [1.807, 2.05) is 23.1 Å². The Morgan fingerprint density at radius 2 is 2.33 bits per heavy atom. The lowest BCUT2D eigenvalue weighted by atomic mass is 10.0. The molecule has 0 radical (unpaired) electrons. The molecule has 0 spiro atoms. The largest absolute Gasteiger partial charge is 0.472 e. The highest BCUT2D eigenvalue weighted by Crippen LogP contribution is 2.32. The third-order valence-electron chi connectivity index (χ3n) is 4.68. The van der Waals surface area contributed by atoms with E-state index in [2.05, 4.69) is 4.98 Å². The second-order valence-electron chi connectivity index (χ2n) is 6.19. The van der Waals surface area contributed by atoms with Gasteiger partial charge in [-0.2, -0.15) is 0 Å². The van der Waals surface area contributed by atoms with E-state index >= 15 is 0 Å². The van der Waals surface area contributed by atoms with E-state index in [0.717, 1.165) is 25.1 Å². The van der Waals surface area contributed by atoms with Crippen molar-refractivity contribution >= 4 is 5.91 Å². The number of ether oxygens (including phenoxy) is 2. The number of amides is 1. The minimum atomic E-state index is -0.131. The molecule has 126 valence electrons. The van der Waals surface area contributed by atoms with Gasteiger partial charge in [-0.15, -0.1) is 0 Å². The number of furan rings is 1. The number of likely N-dealkylation sites (tertiary alicyclic amines) is 1. The van der Waals surface area contributed by atoms with Crippen LogP contribution in [0, 0.1) is 0 Å². The Morgan fingerprint density at radius 1 is 1.38 bits per heavy atom. The Kier molecular flexibility index (Phi) is 4.32. The molecule has 2 saturated heterocycles. The van der Waals surface area contributed by atoms with E-state index in [0.29, 0.717) is 18.7 Å². The Balaban J connectivity index is 1.48. The second kappa shape index (κ2) is 6.75. The number of aromatic nitrogens is 1. The van der Waals surface area contributed by atoms with Crippen molar-refractivity contribution < 1.29 is 18.7 Å². The van der Waals surface area contributed by atoms with Crippen LogP contribution < -0.4 is 0 Å². The molecule has 2 aliphatic rings. The Labute approximate surface area is 140 Å². The van der Waals surface area contributed by atoms with Crippen LogP contribution in [0.4, 0.5) is 0 Å². The first-order valence-electron chi connectivity index (χ1n) is 8.29. The van der Waals surface area contributed by atoms with Gasteiger partial charge in [0, 0.05) is 12.8 Å².